The van der Waals surface area contributed by atoms with Gasteiger partial charge in [-0.25, -0.2) is 0 Å². The summed E-state index contributed by atoms with van der Waals surface area (Å²) < 4.78 is 0. The molecule has 18 heavy (non-hydrogen) atoms. The summed E-state index contributed by atoms with van der Waals surface area (Å²) in [5.74, 6) is 0.627. The van der Waals surface area contributed by atoms with Gasteiger partial charge in [-0.2, -0.15) is 0 Å². The van der Waals surface area contributed by atoms with Gasteiger partial charge in [0.1, 0.15) is 4.99 Å². The SMILES string of the molecule is CN(Cc1ccccc1C(N)=S)CC1CC(O)C1. The normalized spacial score (nSPS) is 22.8. The minimum Gasteiger partial charge on any atom is -0.393 e. The number of hydrogen-bond donors (Lipinski definition) is 2. The van der Waals surface area contributed by atoms with Crippen LogP contribution in [0.1, 0.15) is 24.0 Å². The van der Waals surface area contributed by atoms with Crippen molar-refractivity contribution in [3.05, 3.63) is 35.4 Å². The van der Waals surface area contributed by atoms with E-state index in [2.05, 4.69) is 18.0 Å². The van der Waals surface area contributed by atoms with Crippen LogP contribution in [0.25, 0.3) is 0 Å². The molecule has 2 rings (SSSR count). The molecule has 0 radical (unpaired) electrons. The van der Waals surface area contributed by atoms with Gasteiger partial charge in [0.25, 0.3) is 0 Å². The molecule has 0 spiro atoms. The first-order valence-corrected chi connectivity index (χ1v) is 6.71. The molecule has 0 heterocycles. The molecule has 1 saturated carbocycles. The van der Waals surface area contributed by atoms with Crippen LogP contribution in [0.5, 0.6) is 0 Å². The van der Waals surface area contributed by atoms with E-state index in [1.807, 2.05) is 18.2 Å². The van der Waals surface area contributed by atoms with Crippen molar-refractivity contribution in [2.75, 3.05) is 13.6 Å². The van der Waals surface area contributed by atoms with Crippen LogP contribution in [0, 0.1) is 5.92 Å². The summed E-state index contributed by atoms with van der Waals surface area (Å²) in [5, 5.41) is 9.29. The molecule has 1 aliphatic rings. The van der Waals surface area contributed by atoms with Gasteiger partial charge >= 0.3 is 0 Å². The molecule has 1 aromatic carbocycles. The topological polar surface area (TPSA) is 49.5 Å². The third-order valence-corrected chi connectivity index (χ3v) is 3.72. The molecule has 4 heteroatoms. The first-order chi connectivity index (χ1) is 8.56. The van der Waals surface area contributed by atoms with Gasteiger partial charge in [-0.3, -0.25) is 0 Å². The van der Waals surface area contributed by atoms with Gasteiger partial charge in [0.2, 0.25) is 0 Å². The summed E-state index contributed by atoms with van der Waals surface area (Å²) in [5.41, 5.74) is 7.87. The fraction of sp³-hybridized carbons (Fsp3) is 0.500. The summed E-state index contributed by atoms with van der Waals surface area (Å²) in [6.07, 6.45) is 1.79. The lowest BCUT2D eigenvalue weighted by atomic mass is 9.82. The van der Waals surface area contributed by atoms with Gasteiger partial charge in [-0.15, -0.1) is 0 Å². The maximum absolute atomic E-state index is 9.29. The lowest BCUT2D eigenvalue weighted by Crippen LogP contribution is -2.37. The number of nitrogens with two attached hydrogens (primary N) is 1. The third-order valence-electron chi connectivity index (χ3n) is 3.50. The van der Waals surface area contributed by atoms with Crippen molar-refractivity contribution >= 4 is 17.2 Å². The van der Waals surface area contributed by atoms with Gasteiger partial charge in [0, 0.05) is 18.7 Å². The highest BCUT2D eigenvalue weighted by Crippen LogP contribution is 2.28. The quantitative estimate of drug-likeness (QED) is 0.792. The van der Waals surface area contributed by atoms with E-state index < -0.39 is 0 Å². The Morgan fingerprint density at radius 2 is 2.11 bits per heavy atom. The molecule has 0 saturated heterocycles. The Morgan fingerprint density at radius 3 is 2.72 bits per heavy atom. The van der Waals surface area contributed by atoms with E-state index in [9.17, 15) is 5.11 Å². The van der Waals surface area contributed by atoms with Gasteiger partial charge in [0.05, 0.1) is 6.10 Å². The molecule has 98 valence electrons. The fourth-order valence-electron chi connectivity index (χ4n) is 2.54. The lowest BCUT2D eigenvalue weighted by molar-refractivity contribution is 0.0274. The second-order valence-corrected chi connectivity index (χ2v) is 5.65. The Morgan fingerprint density at radius 1 is 1.44 bits per heavy atom. The van der Waals surface area contributed by atoms with Crippen LogP contribution >= 0.6 is 12.2 Å². The van der Waals surface area contributed by atoms with Crippen LogP contribution in [0.2, 0.25) is 0 Å². The first-order valence-electron chi connectivity index (χ1n) is 6.30. The van der Waals surface area contributed by atoms with Gasteiger partial charge in [0.15, 0.2) is 0 Å². The number of rotatable bonds is 5. The van der Waals surface area contributed by atoms with Crippen LogP contribution in [0.3, 0.4) is 0 Å². The first kappa shape index (κ1) is 13.5. The molecule has 1 aromatic rings. The lowest BCUT2D eigenvalue weighted by Gasteiger charge is -2.34. The molecule has 3 nitrogen and oxygen atoms in total. The molecule has 0 aliphatic heterocycles. The van der Waals surface area contributed by atoms with Crippen molar-refractivity contribution < 1.29 is 5.11 Å². The van der Waals surface area contributed by atoms with E-state index in [0.29, 0.717) is 10.9 Å². The predicted molar refractivity (Wildman–Crippen MR) is 77.4 cm³/mol. The highest BCUT2D eigenvalue weighted by molar-refractivity contribution is 7.80. The van der Waals surface area contributed by atoms with Crippen LogP contribution in [0.4, 0.5) is 0 Å². The van der Waals surface area contributed by atoms with Crippen molar-refractivity contribution in [1.29, 1.82) is 0 Å². The monoisotopic (exact) mass is 264 g/mol. The summed E-state index contributed by atoms with van der Waals surface area (Å²) in [6, 6.07) is 8.01. The zero-order valence-electron chi connectivity index (χ0n) is 10.7. The van der Waals surface area contributed by atoms with Gasteiger partial charge in [-0.05, 0) is 31.4 Å². The van der Waals surface area contributed by atoms with Gasteiger partial charge in [-0.1, -0.05) is 36.5 Å². The molecular formula is C14H20N2OS. The molecule has 0 bridgehead atoms. The van der Waals surface area contributed by atoms with E-state index in [0.717, 1.165) is 31.5 Å². The number of hydrogen-bond acceptors (Lipinski definition) is 3. The summed E-state index contributed by atoms with van der Waals surface area (Å²) >= 11 is 5.07. The van der Waals surface area contributed by atoms with Crippen LogP contribution < -0.4 is 5.73 Å². The number of thiocarbonyl (C=S) groups is 1. The molecule has 0 aromatic heterocycles. The minimum atomic E-state index is -0.0766. The van der Waals surface area contributed by atoms with E-state index in [1.165, 1.54) is 5.56 Å². The van der Waals surface area contributed by atoms with Gasteiger partial charge < -0.3 is 15.7 Å². The van der Waals surface area contributed by atoms with Crippen molar-refractivity contribution in [2.45, 2.75) is 25.5 Å². The maximum atomic E-state index is 9.29. The third kappa shape index (κ3) is 3.28. The second-order valence-electron chi connectivity index (χ2n) is 5.21. The Hall–Kier alpha value is -0.970. The van der Waals surface area contributed by atoms with E-state index in [4.69, 9.17) is 18.0 Å². The average Bonchev–Trinajstić information content (AvgIpc) is 2.27. The molecule has 1 fully saturated rings. The van der Waals surface area contributed by atoms with Crippen molar-refractivity contribution in [2.24, 2.45) is 11.7 Å². The summed E-state index contributed by atoms with van der Waals surface area (Å²) in [6.45, 7) is 1.86. The number of aliphatic hydroxyl groups is 1. The minimum absolute atomic E-state index is 0.0766. The fourth-order valence-corrected chi connectivity index (χ4v) is 2.74. The highest BCUT2D eigenvalue weighted by Gasteiger charge is 2.27. The van der Waals surface area contributed by atoms with Crippen molar-refractivity contribution in [3.8, 4) is 0 Å². The smallest absolute Gasteiger partial charge is 0.104 e. The summed E-state index contributed by atoms with van der Waals surface area (Å²) in [4.78, 5) is 2.73. The molecular weight excluding hydrogens is 244 g/mol. The summed E-state index contributed by atoms with van der Waals surface area (Å²) in [7, 11) is 2.10. The Kier molecular flexibility index (Phi) is 4.32. The average molecular weight is 264 g/mol. The second kappa shape index (κ2) is 5.78. The maximum Gasteiger partial charge on any atom is 0.104 e. The van der Waals surface area contributed by atoms with Crippen LogP contribution in [-0.2, 0) is 6.54 Å². The van der Waals surface area contributed by atoms with E-state index in [1.54, 1.807) is 0 Å². The van der Waals surface area contributed by atoms with Crippen LogP contribution in [-0.4, -0.2) is 34.7 Å². The number of benzene rings is 1. The van der Waals surface area contributed by atoms with Crippen molar-refractivity contribution in [1.82, 2.24) is 4.90 Å². The van der Waals surface area contributed by atoms with E-state index >= 15 is 0 Å². The predicted octanol–water partition coefficient (Wildman–Crippen LogP) is 1.52. The largest absolute Gasteiger partial charge is 0.393 e. The van der Waals surface area contributed by atoms with E-state index in [-0.39, 0.29) is 6.10 Å². The zero-order valence-corrected chi connectivity index (χ0v) is 11.5. The van der Waals surface area contributed by atoms with Crippen molar-refractivity contribution in [3.63, 3.8) is 0 Å². The Balaban J connectivity index is 1.94. The number of aliphatic hydroxyl groups excluding tert-OH is 1. The number of nitrogens with zero attached hydrogens (tertiary/aromatic N) is 1. The molecule has 1 aliphatic carbocycles. The molecule has 0 unspecified atom stereocenters. The molecule has 0 atom stereocenters. The van der Waals surface area contributed by atoms with Crippen LogP contribution in [0.15, 0.2) is 24.3 Å². The zero-order chi connectivity index (χ0) is 13.1. The molecule has 3 N–H and O–H groups in total. The highest BCUT2D eigenvalue weighted by atomic mass is 32.1. The Bertz CT molecular complexity index is 430. The molecule has 0 amide bonds. The Labute approximate surface area is 114 Å². The standard InChI is InChI=1S/C14H20N2OS/c1-16(8-10-6-12(17)7-10)9-11-4-2-3-5-13(11)14(15)18/h2-5,10,12,17H,6-9H2,1H3,(H2,15,18).